The molecule has 1 fully saturated rings. The van der Waals surface area contributed by atoms with Gasteiger partial charge in [0, 0.05) is 11.1 Å². The van der Waals surface area contributed by atoms with E-state index in [0.29, 0.717) is 16.8 Å². The Morgan fingerprint density at radius 1 is 1.04 bits per heavy atom. The minimum atomic E-state index is -0.680. The third kappa shape index (κ3) is 2.61. The number of nitrogens with one attached hydrogen (secondary N) is 1. The molecule has 2 aromatic rings. The van der Waals surface area contributed by atoms with Crippen LogP contribution in [0.5, 0.6) is 0 Å². The molecule has 1 saturated heterocycles. The van der Waals surface area contributed by atoms with Gasteiger partial charge in [0.2, 0.25) is 5.91 Å². The zero-order valence-electron chi connectivity index (χ0n) is 13.5. The van der Waals surface area contributed by atoms with Crippen molar-refractivity contribution in [2.24, 2.45) is 5.10 Å². The van der Waals surface area contributed by atoms with Gasteiger partial charge in [0.1, 0.15) is 12.4 Å². The van der Waals surface area contributed by atoms with Crippen LogP contribution in [0.3, 0.4) is 0 Å². The Labute approximate surface area is 147 Å². The SMILES string of the molecule is O=C1CN(/N=C2\C(=O)N(Cc3ccccc3F)c3ccccc32)C(=O)N1. The average molecular weight is 352 g/mol. The minimum absolute atomic E-state index is 0.0344. The van der Waals surface area contributed by atoms with Crippen molar-refractivity contribution in [2.45, 2.75) is 6.54 Å². The molecule has 8 heteroatoms. The molecular weight excluding hydrogens is 339 g/mol. The molecule has 0 saturated carbocycles. The van der Waals surface area contributed by atoms with E-state index in [1.54, 1.807) is 42.5 Å². The molecule has 0 bridgehead atoms. The first kappa shape index (κ1) is 15.9. The largest absolute Gasteiger partial charge is 0.345 e. The van der Waals surface area contributed by atoms with Crippen LogP contribution in [-0.2, 0) is 16.1 Å². The Hall–Kier alpha value is -3.55. The molecule has 4 amide bonds. The van der Waals surface area contributed by atoms with Gasteiger partial charge in [-0.3, -0.25) is 14.9 Å². The maximum Gasteiger partial charge on any atom is 0.345 e. The van der Waals surface area contributed by atoms with Crippen molar-refractivity contribution < 1.29 is 18.8 Å². The first-order valence-corrected chi connectivity index (χ1v) is 7.89. The van der Waals surface area contributed by atoms with Crippen molar-refractivity contribution in [1.29, 1.82) is 0 Å². The summed E-state index contributed by atoms with van der Waals surface area (Å²) < 4.78 is 14.0. The molecule has 2 aliphatic rings. The Bertz CT molecular complexity index is 972. The summed E-state index contributed by atoms with van der Waals surface area (Å²) in [7, 11) is 0. The number of amides is 4. The van der Waals surface area contributed by atoms with E-state index in [2.05, 4.69) is 10.4 Å². The standard InChI is InChI=1S/C18H13FN4O3/c19-13-7-3-1-5-11(13)9-22-14-8-4-2-6-12(14)16(17(22)25)21-23-10-15(24)20-18(23)26/h1-8H,9-10H2,(H,20,24,26)/b21-16-. The maximum atomic E-state index is 14.0. The van der Waals surface area contributed by atoms with Crippen LogP contribution in [0.25, 0.3) is 0 Å². The monoisotopic (exact) mass is 352 g/mol. The number of fused-ring (bicyclic) bond motifs is 1. The fourth-order valence-electron chi connectivity index (χ4n) is 2.94. The summed E-state index contributed by atoms with van der Waals surface area (Å²) in [6.45, 7) is -0.211. The van der Waals surface area contributed by atoms with Crippen molar-refractivity contribution in [2.75, 3.05) is 11.4 Å². The number of imide groups is 1. The molecule has 0 atom stereocenters. The van der Waals surface area contributed by atoms with Gasteiger partial charge in [-0.15, -0.1) is 0 Å². The third-order valence-corrected chi connectivity index (χ3v) is 4.18. The van der Waals surface area contributed by atoms with Crippen molar-refractivity contribution in [3.8, 4) is 0 Å². The number of carbonyl (C=O) groups is 3. The van der Waals surface area contributed by atoms with Crippen LogP contribution in [-0.4, -0.2) is 35.1 Å². The number of benzene rings is 2. The van der Waals surface area contributed by atoms with Gasteiger partial charge in [0.05, 0.1) is 12.2 Å². The highest BCUT2D eigenvalue weighted by Crippen LogP contribution is 2.31. The highest BCUT2D eigenvalue weighted by molar-refractivity contribution is 6.54. The summed E-state index contributed by atoms with van der Waals surface area (Å²) in [5, 5.41) is 7.10. The number of nitrogens with zero attached hydrogens (tertiary/aromatic N) is 3. The minimum Gasteiger partial charge on any atom is -0.302 e. The lowest BCUT2D eigenvalue weighted by molar-refractivity contribution is -0.118. The molecule has 2 heterocycles. The maximum absolute atomic E-state index is 14.0. The quantitative estimate of drug-likeness (QED) is 0.853. The van der Waals surface area contributed by atoms with E-state index in [4.69, 9.17) is 0 Å². The summed E-state index contributed by atoms with van der Waals surface area (Å²) in [5.41, 5.74) is 1.51. The fraction of sp³-hybridized carbons (Fsp3) is 0.111. The third-order valence-electron chi connectivity index (χ3n) is 4.18. The lowest BCUT2D eigenvalue weighted by Gasteiger charge is -2.17. The van der Waals surface area contributed by atoms with Crippen molar-refractivity contribution in [3.05, 3.63) is 65.5 Å². The number of hydrazone groups is 1. The second kappa shape index (κ2) is 6.07. The van der Waals surface area contributed by atoms with E-state index in [1.807, 2.05) is 0 Å². The molecule has 4 rings (SSSR count). The van der Waals surface area contributed by atoms with Gasteiger partial charge in [-0.1, -0.05) is 36.4 Å². The van der Waals surface area contributed by atoms with E-state index in [9.17, 15) is 18.8 Å². The van der Waals surface area contributed by atoms with Gasteiger partial charge in [-0.25, -0.2) is 14.2 Å². The summed E-state index contributed by atoms with van der Waals surface area (Å²) in [4.78, 5) is 37.3. The van der Waals surface area contributed by atoms with Crippen LogP contribution in [0.15, 0.2) is 53.6 Å². The smallest absolute Gasteiger partial charge is 0.302 e. The van der Waals surface area contributed by atoms with Crippen LogP contribution in [0.2, 0.25) is 0 Å². The summed E-state index contributed by atoms with van der Waals surface area (Å²) in [6, 6.07) is 12.5. The topological polar surface area (TPSA) is 82.1 Å². The second-order valence-electron chi connectivity index (χ2n) is 5.86. The van der Waals surface area contributed by atoms with E-state index < -0.39 is 23.7 Å². The number of hydrogen-bond donors (Lipinski definition) is 1. The van der Waals surface area contributed by atoms with Gasteiger partial charge < -0.3 is 4.90 Å². The van der Waals surface area contributed by atoms with Crippen LogP contribution in [0.1, 0.15) is 11.1 Å². The molecule has 0 radical (unpaired) electrons. The van der Waals surface area contributed by atoms with Crippen LogP contribution in [0.4, 0.5) is 14.9 Å². The number of rotatable bonds is 3. The predicted molar refractivity (Wildman–Crippen MR) is 90.8 cm³/mol. The molecule has 2 aromatic carbocycles. The predicted octanol–water partition coefficient (Wildman–Crippen LogP) is 1.63. The van der Waals surface area contributed by atoms with Gasteiger partial charge in [0.25, 0.3) is 5.91 Å². The zero-order valence-corrected chi connectivity index (χ0v) is 13.5. The number of carbonyl (C=O) groups excluding carboxylic acids is 3. The van der Waals surface area contributed by atoms with Crippen LogP contribution < -0.4 is 10.2 Å². The lowest BCUT2D eigenvalue weighted by Crippen LogP contribution is -2.32. The van der Waals surface area contributed by atoms with E-state index in [1.165, 1.54) is 11.0 Å². The normalized spacial score (nSPS) is 17.9. The fourth-order valence-corrected chi connectivity index (χ4v) is 2.94. The Morgan fingerprint density at radius 3 is 2.50 bits per heavy atom. The summed E-state index contributed by atoms with van der Waals surface area (Å²) in [5.74, 6) is -1.35. The molecule has 0 aromatic heterocycles. The number of urea groups is 1. The van der Waals surface area contributed by atoms with Crippen molar-refractivity contribution >= 4 is 29.2 Å². The molecule has 7 nitrogen and oxygen atoms in total. The number of anilines is 1. The van der Waals surface area contributed by atoms with Gasteiger partial charge >= 0.3 is 6.03 Å². The number of para-hydroxylation sites is 1. The lowest BCUT2D eigenvalue weighted by atomic mass is 10.1. The Kier molecular flexibility index (Phi) is 3.72. The van der Waals surface area contributed by atoms with Crippen LogP contribution in [0, 0.1) is 5.82 Å². The molecule has 0 unspecified atom stereocenters. The highest BCUT2D eigenvalue weighted by atomic mass is 19.1. The summed E-state index contributed by atoms with van der Waals surface area (Å²) in [6.07, 6.45) is 0. The Morgan fingerprint density at radius 2 is 1.77 bits per heavy atom. The highest BCUT2D eigenvalue weighted by Gasteiger charge is 2.36. The van der Waals surface area contributed by atoms with E-state index in [0.717, 1.165) is 5.01 Å². The molecule has 130 valence electrons. The van der Waals surface area contributed by atoms with Gasteiger partial charge in [-0.05, 0) is 12.1 Å². The first-order valence-electron chi connectivity index (χ1n) is 7.89. The van der Waals surface area contributed by atoms with Crippen molar-refractivity contribution in [3.63, 3.8) is 0 Å². The molecule has 0 aliphatic carbocycles. The average Bonchev–Trinajstić information content (AvgIpc) is 3.08. The number of hydrogen-bond acceptors (Lipinski definition) is 4. The second-order valence-corrected chi connectivity index (χ2v) is 5.86. The molecule has 0 spiro atoms. The molecular formula is C18H13FN4O3. The molecule has 1 N–H and O–H groups in total. The Balaban J connectivity index is 1.72. The summed E-state index contributed by atoms with van der Waals surface area (Å²) >= 11 is 0. The van der Waals surface area contributed by atoms with Crippen LogP contribution >= 0.6 is 0 Å². The number of halogens is 1. The van der Waals surface area contributed by atoms with Gasteiger partial charge in [-0.2, -0.15) is 5.10 Å². The molecule has 2 aliphatic heterocycles. The zero-order chi connectivity index (χ0) is 18.3. The van der Waals surface area contributed by atoms with E-state index in [-0.39, 0.29) is 18.8 Å². The van der Waals surface area contributed by atoms with Gasteiger partial charge in [0.15, 0.2) is 5.71 Å². The first-order chi connectivity index (χ1) is 12.5. The molecule has 26 heavy (non-hydrogen) atoms. The van der Waals surface area contributed by atoms with E-state index >= 15 is 0 Å². The van der Waals surface area contributed by atoms with Crippen molar-refractivity contribution in [1.82, 2.24) is 10.3 Å².